The number of rotatable bonds is 4. The second-order valence-corrected chi connectivity index (χ2v) is 4.84. The molecule has 122 valence electrons. The summed E-state index contributed by atoms with van der Waals surface area (Å²) < 4.78 is 64.8. The Morgan fingerprint density at radius 3 is 1.39 bits per heavy atom. The van der Waals surface area contributed by atoms with Crippen LogP contribution in [-0.2, 0) is 10.4 Å². The lowest BCUT2D eigenvalue weighted by molar-refractivity contribution is -0.274. The largest absolute Gasteiger partial charge is 0.461 e. The summed E-state index contributed by atoms with van der Waals surface area (Å²) in [5.74, 6) is -8.34. The van der Waals surface area contributed by atoms with Gasteiger partial charge in [-0.1, -0.05) is 60.7 Å². The smallest absolute Gasteiger partial charge is 0.373 e. The monoisotopic (exact) mass is 330 g/mol. The third-order valence-electron chi connectivity index (χ3n) is 3.35. The second-order valence-electron chi connectivity index (χ2n) is 4.84. The van der Waals surface area contributed by atoms with Gasteiger partial charge in [-0.3, -0.25) is 4.79 Å². The van der Waals surface area contributed by atoms with E-state index in [9.17, 15) is 31.9 Å². The van der Waals surface area contributed by atoms with Gasteiger partial charge in [0, 0.05) is 0 Å². The first kappa shape index (κ1) is 17.1. The van der Waals surface area contributed by atoms with Crippen molar-refractivity contribution in [2.24, 2.45) is 0 Å². The van der Waals surface area contributed by atoms with Crippen LogP contribution in [0.1, 0.15) is 11.1 Å². The number of ketones is 1. The first-order valence-electron chi connectivity index (χ1n) is 6.44. The molecule has 1 N–H and O–H groups in total. The van der Waals surface area contributed by atoms with Gasteiger partial charge in [0.05, 0.1) is 0 Å². The molecule has 2 rings (SSSR count). The Morgan fingerprint density at radius 2 is 1.09 bits per heavy atom. The number of carbonyl (C=O) groups is 1. The summed E-state index contributed by atoms with van der Waals surface area (Å²) in [5.41, 5.74) is -3.87. The minimum Gasteiger partial charge on any atom is -0.373 e. The van der Waals surface area contributed by atoms with E-state index < -0.39 is 23.5 Å². The zero-order valence-corrected chi connectivity index (χ0v) is 11.5. The number of hydrogen-bond donors (Lipinski definition) is 1. The second kappa shape index (κ2) is 5.73. The number of carbonyl (C=O) groups excluding carboxylic acids is 1. The van der Waals surface area contributed by atoms with Crippen LogP contribution in [0.2, 0.25) is 0 Å². The van der Waals surface area contributed by atoms with Gasteiger partial charge in [-0.15, -0.1) is 0 Å². The maximum Gasteiger partial charge on any atom is 0.461 e. The Labute approximate surface area is 128 Å². The third kappa shape index (κ3) is 2.84. The number of halogens is 5. The average molecular weight is 330 g/mol. The fourth-order valence-corrected chi connectivity index (χ4v) is 2.14. The van der Waals surface area contributed by atoms with E-state index in [1.54, 1.807) is 0 Å². The molecule has 0 radical (unpaired) electrons. The number of aliphatic hydroxyl groups is 1. The first-order valence-corrected chi connectivity index (χ1v) is 6.44. The molecule has 0 unspecified atom stereocenters. The van der Waals surface area contributed by atoms with Crippen molar-refractivity contribution in [1.29, 1.82) is 0 Å². The topological polar surface area (TPSA) is 37.3 Å². The summed E-state index contributed by atoms with van der Waals surface area (Å²) >= 11 is 0. The summed E-state index contributed by atoms with van der Waals surface area (Å²) in [6.45, 7) is 0. The minimum absolute atomic E-state index is 0.375. The Morgan fingerprint density at radius 1 is 0.739 bits per heavy atom. The third-order valence-corrected chi connectivity index (χ3v) is 3.35. The van der Waals surface area contributed by atoms with Crippen LogP contribution in [0.3, 0.4) is 0 Å². The highest BCUT2D eigenvalue weighted by Gasteiger charge is 2.68. The summed E-state index contributed by atoms with van der Waals surface area (Å²) in [6, 6.07) is 12.7. The van der Waals surface area contributed by atoms with Gasteiger partial charge in [-0.05, 0) is 11.1 Å². The van der Waals surface area contributed by atoms with Crippen LogP contribution in [-0.4, -0.2) is 23.0 Å². The van der Waals surface area contributed by atoms with Crippen molar-refractivity contribution in [2.75, 3.05) is 0 Å². The normalized spacial score (nSPS) is 13.0. The van der Waals surface area contributed by atoms with Crippen molar-refractivity contribution in [3.05, 3.63) is 71.8 Å². The van der Waals surface area contributed by atoms with Crippen molar-refractivity contribution in [1.82, 2.24) is 0 Å². The average Bonchev–Trinajstić information content (AvgIpc) is 2.54. The van der Waals surface area contributed by atoms with Crippen LogP contribution >= 0.6 is 0 Å². The predicted octanol–water partition coefficient (Wildman–Crippen LogP) is 3.69. The molecule has 2 aromatic carbocycles. The summed E-state index contributed by atoms with van der Waals surface area (Å²) in [4.78, 5) is 12.0. The number of hydrogen-bond acceptors (Lipinski definition) is 2. The fraction of sp³-hybridized carbons (Fsp3) is 0.188. The molecular formula is C16H11F5O2. The molecule has 7 heteroatoms. The molecule has 0 aliphatic rings. The lowest BCUT2D eigenvalue weighted by Crippen LogP contribution is -2.54. The molecular weight excluding hydrogens is 319 g/mol. The van der Waals surface area contributed by atoms with Crippen LogP contribution in [0.4, 0.5) is 22.0 Å². The van der Waals surface area contributed by atoms with E-state index in [0.717, 1.165) is 24.3 Å². The number of benzene rings is 2. The van der Waals surface area contributed by atoms with E-state index in [2.05, 4.69) is 0 Å². The maximum absolute atomic E-state index is 13.6. The van der Waals surface area contributed by atoms with Gasteiger partial charge in [-0.2, -0.15) is 22.0 Å². The van der Waals surface area contributed by atoms with Gasteiger partial charge in [0.25, 0.3) is 5.78 Å². The van der Waals surface area contributed by atoms with E-state index in [1.165, 1.54) is 36.4 Å². The first-order chi connectivity index (χ1) is 10.6. The lowest BCUT2D eigenvalue weighted by Gasteiger charge is -2.31. The fourth-order valence-electron chi connectivity index (χ4n) is 2.14. The van der Waals surface area contributed by atoms with Crippen molar-refractivity contribution in [3.8, 4) is 0 Å². The molecule has 0 saturated heterocycles. The van der Waals surface area contributed by atoms with Gasteiger partial charge in [0.1, 0.15) is 0 Å². The van der Waals surface area contributed by atoms with Crippen LogP contribution < -0.4 is 0 Å². The Bertz CT molecular complexity index is 641. The zero-order chi connectivity index (χ0) is 17.3. The lowest BCUT2D eigenvalue weighted by atomic mass is 9.80. The molecule has 0 atom stereocenters. The SMILES string of the molecule is O=C(C(O)(c1ccccc1)c1ccccc1)C(F)(F)C(F)(F)F. The highest BCUT2D eigenvalue weighted by molar-refractivity contribution is 5.97. The molecule has 0 aliphatic carbocycles. The van der Waals surface area contributed by atoms with E-state index in [0.29, 0.717) is 0 Å². The van der Waals surface area contributed by atoms with Crippen molar-refractivity contribution >= 4 is 5.78 Å². The van der Waals surface area contributed by atoms with Crippen molar-refractivity contribution < 1.29 is 31.9 Å². The van der Waals surface area contributed by atoms with Crippen LogP contribution in [0.5, 0.6) is 0 Å². The van der Waals surface area contributed by atoms with Gasteiger partial charge in [-0.25, -0.2) is 0 Å². The Kier molecular flexibility index (Phi) is 4.26. The van der Waals surface area contributed by atoms with Crippen molar-refractivity contribution in [2.45, 2.75) is 17.7 Å². The number of alkyl halides is 5. The van der Waals surface area contributed by atoms with Crippen LogP contribution in [0.15, 0.2) is 60.7 Å². The molecule has 0 spiro atoms. The molecule has 0 heterocycles. The minimum atomic E-state index is -6.11. The van der Waals surface area contributed by atoms with Gasteiger partial charge in [0.2, 0.25) is 0 Å². The molecule has 2 nitrogen and oxygen atoms in total. The summed E-state index contributed by atoms with van der Waals surface area (Å²) in [7, 11) is 0. The van der Waals surface area contributed by atoms with Gasteiger partial charge >= 0.3 is 12.1 Å². The molecule has 0 aliphatic heterocycles. The van der Waals surface area contributed by atoms with E-state index in [-0.39, 0.29) is 11.1 Å². The predicted molar refractivity (Wildman–Crippen MR) is 71.9 cm³/mol. The van der Waals surface area contributed by atoms with Crippen LogP contribution in [0, 0.1) is 0 Å². The van der Waals surface area contributed by atoms with Gasteiger partial charge < -0.3 is 5.11 Å². The zero-order valence-electron chi connectivity index (χ0n) is 11.5. The molecule has 0 saturated carbocycles. The molecule has 0 amide bonds. The quantitative estimate of drug-likeness (QED) is 0.868. The molecule has 23 heavy (non-hydrogen) atoms. The van der Waals surface area contributed by atoms with E-state index in [4.69, 9.17) is 0 Å². The maximum atomic E-state index is 13.6. The number of Topliss-reactive ketones (excluding diaryl/α,β-unsaturated/α-hetero) is 1. The summed E-state index contributed by atoms with van der Waals surface area (Å²) in [5, 5.41) is 10.6. The standard InChI is InChI=1S/C16H11F5O2/c17-15(18,16(19,20)21)13(22)14(23,11-7-3-1-4-8-11)12-9-5-2-6-10-12/h1-10,23H. The van der Waals surface area contributed by atoms with E-state index >= 15 is 0 Å². The van der Waals surface area contributed by atoms with Crippen molar-refractivity contribution in [3.63, 3.8) is 0 Å². The van der Waals surface area contributed by atoms with E-state index in [1.807, 2.05) is 0 Å². The van der Waals surface area contributed by atoms with Gasteiger partial charge in [0.15, 0.2) is 5.60 Å². The Balaban J connectivity index is 2.68. The summed E-state index contributed by atoms with van der Waals surface area (Å²) in [6.07, 6.45) is -6.11. The highest BCUT2D eigenvalue weighted by Crippen LogP contribution is 2.43. The molecule has 0 bridgehead atoms. The highest BCUT2D eigenvalue weighted by atomic mass is 19.4. The molecule has 2 aromatic rings. The van der Waals surface area contributed by atoms with Crippen LogP contribution in [0.25, 0.3) is 0 Å². The molecule has 0 fully saturated rings. The Hall–Kier alpha value is -2.28. The molecule has 0 aromatic heterocycles.